The van der Waals surface area contributed by atoms with E-state index in [1.165, 1.54) is 6.07 Å². The molecule has 1 atom stereocenters. The molecule has 1 unspecified atom stereocenters. The average Bonchev–Trinajstić information content (AvgIpc) is 3.12. The van der Waals surface area contributed by atoms with Crippen LogP contribution in [0.1, 0.15) is 47.3 Å². The summed E-state index contributed by atoms with van der Waals surface area (Å²) in [5, 5.41) is 11.2. The minimum Gasteiger partial charge on any atom is -0.494 e. The number of likely N-dealkylation sites (tertiary alicyclic amines) is 1. The van der Waals surface area contributed by atoms with E-state index in [1.54, 1.807) is 19.1 Å². The summed E-state index contributed by atoms with van der Waals surface area (Å²) in [5.74, 6) is 0.657. The van der Waals surface area contributed by atoms with E-state index in [0.29, 0.717) is 24.3 Å². The van der Waals surface area contributed by atoms with Crippen LogP contribution in [0.25, 0.3) is 0 Å². The highest BCUT2D eigenvalue weighted by Gasteiger charge is 2.32. The van der Waals surface area contributed by atoms with Crippen molar-refractivity contribution < 1.29 is 14.5 Å². The zero-order valence-corrected chi connectivity index (χ0v) is 15.0. The van der Waals surface area contributed by atoms with Crippen molar-refractivity contribution in [3.8, 4) is 5.75 Å². The topological polar surface area (TPSA) is 72.7 Å². The Bertz CT molecular complexity index is 817. The lowest BCUT2D eigenvalue weighted by Gasteiger charge is -2.26. The summed E-state index contributed by atoms with van der Waals surface area (Å²) >= 11 is 0. The molecule has 1 fully saturated rings. The summed E-state index contributed by atoms with van der Waals surface area (Å²) in [6.45, 7) is 4.83. The van der Waals surface area contributed by atoms with E-state index in [0.717, 1.165) is 24.2 Å². The third-order valence-corrected chi connectivity index (χ3v) is 4.82. The van der Waals surface area contributed by atoms with Crippen molar-refractivity contribution in [1.29, 1.82) is 0 Å². The molecule has 0 saturated carbocycles. The van der Waals surface area contributed by atoms with Gasteiger partial charge in [-0.15, -0.1) is 0 Å². The number of carbonyl (C=O) groups excluding carboxylic acids is 1. The van der Waals surface area contributed by atoms with Crippen LogP contribution in [0.2, 0.25) is 0 Å². The van der Waals surface area contributed by atoms with Crippen molar-refractivity contribution >= 4 is 11.6 Å². The number of hydrogen-bond donors (Lipinski definition) is 0. The summed E-state index contributed by atoms with van der Waals surface area (Å²) in [7, 11) is 0. The third kappa shape index (κ3) is 3.40. The molecule has 0 aromatic heterocycles. The number of nitrogens with zero attached hydrogens (tertiary/aromatic N) is 2. The van der Waals surface area contributed by atoms with Crippen LogP contribution in [0.5, 0.6) is 5.75 Å². The lowest BCUT2D eigenvalue weighted by Crippen LogP contribution is -2.31. The SMILES string of the molecule is CCOc1ccc(C2CCCN2C(=O)c2cccc([N+](=O)[O-])c2C)cc1. The standard InChI is InChI=1S/C20H22N2O4/c1-3-26-16-11-9-15(10-12-16)19-8-5-13-21(19)20(23)17-6-4-7-18(14(17)2)22(24)25/h4,6-7,9-12,19H,3,5,8,13H2,1-2H3. The molecule has 3 rings (SSSR count). The Morgan fingerprint density at radius 3 is 2.65 bits per heavy atom. The molecule has 0 aliphatic carbocycles. The monoisotopic (exact) mass is 354 g/mol. The second-order valence-electron chi connectivity index (χ2n) is 6.37. The second kappa shape index (κ2) is 7.56. The van der Waals surface area contributed by atoms with Gasteiger partial charge in [-0.3, -0.25) is 14.9 Å². The van der Waals surface area contributed by atoms with E-state index < -0.39 is 4.92 Å². The van der Waals surface area contributed by atoms with E-state index >= 15 is 0 Å². The lowest BCUT2D eigenvalue weighted by molar-refractivity contribution is -0.385. The third-order valence-electron chi connectivity index (χ3n) is 4.82. The molecule has 136 valence electrons. The lowest BCUT2D eigenvalue weighted by atomic mass is 10.0. The first kappa shape index (κ1) is 17.9. The maximum Gasteiger partial charge on any atom is 0.273 e. The van der Waals surface area contributed by atoms with E-state index in [2.05, 4.69) is 0 Å². The molecule has 1 heterocycles. The van der Waals surface area contributed by atoms with Crippen molar-refractivity contribution in [2.45, 2.75) is 32.7 Å². The van der Waals surface area contributed by atoms with Crippen LogP contribution in [0.15, 0.2) is 42.5 Å². The van der Waals surface area contributed by atoms with Crippen LogP contribution in [-0.2, 0) is 0 Å². The molecule has 2 aromatic rings. The average molecular weight is 354 g/mol. The molecule has 26 heavy (non-hydrogen) atoms. The number of amides is 1. The van der Waals surface area contributed by atoms with Gasteiger partial charge in [0.1, 0.15) is 5.75 Å². The van der Waals surface area contributed by atoms with E-state index in [1.807, 2.05) is 36.1 Å². The molecule has 0 bridgehead atoms. The van der Waals surface area contributed by atoms with E-state index in [-0.39, 0.29) is 17.6 Å². The highest BCUT2D eigenvalue weighted by molar-refractivity contribution is 5.97. The van der Waals surface area contributed by atoms with Gasteiger partial charge >= 0.3 is 0 Å². The largest absolute Gasteiger partial charge is 0.494 e. The Morgan fingerprint density at radius 2 is 2.00 bits per heavy atom. The fourth-order valence-electron chi connectivity index (χ4n) is 3.52. The number of nitro groups is 1. The zero-order chi connectivity index (χ0) is 18.7. The molecular weight excluding hydrogens is 332 g/mol. The van der Waals surface area contributed by atoms with Gasteiger partial charge in [0.25, 0.3) is 11.6 Å². The van der Waals surface area contributed by atoms with E-state index in [9.17, 15) is 14.9 Å². The van der Waals surface area contributed by atoms with Crippen molar-refractivity contribution in [1.82, 2.24) is 4.90 Å². The molecule has 1 aliphatic rings. The number of nitro benzene ring substituents is 1. The Balaban J connectivity index is 1.87. The summed E-state index contributed by atoms with van der Waals surface area (Å²) in [5.41, 5.74) is 1.85. The molecule has 1 amide bonds. The van der Waals surface area contributed by atoms with Crippen LogP contribution in [0.4, 0.5) is 5.69 Å². The normalized spacial score (nSPS) is 16.5. The highest BCUT2D eigenvalue weighted by atomic mass is 16.6. The molecular formula is C20H22N2O4. The second-order valence-corrected chi connectivity index (χ2v) is 6.37. The Hall–Kier alpha value is -2.89. The summed E-state index contributed by atoms with van der Waals surface area (Å²) < 4.78 is 5.47. The number of ether oxygens (including phenoxy) is 1. The minimum absolute atomic E-state index is 0.0168. The number of carbonyl (C=O) groups is 1. The van der Waals surface area contributed by atoms with Gasteiger partial charge in [0.15, 0.2) is 0 Å². The molecule has 2 aromatic carbocycles. The van der Waals surface area contributed by atoms with Gasteiger partial charge in [-0.25, -0.2) is 0 Å². The summed E-state index contributed by atoms with van der Waals surface area (Å²) in [6.07, 6.45) is 1.80. The quantitative estimate of drug-likeness (QED) is 0.593. The maximum absolute atomic E-state index is 13.1. The van der Waals surface area contributed by atoms with Crippen LogP contribution >= 0.6 is 0 Å². The predicted octanol–water partition coefficient (Wildman–Crippen LogP) is 4.28. The molecule has 0 N–H and O–H groups in total. The van der Waals surface area contributed by atoms with Crippen molar-refractivity contribution in [3.63, 3.8) is 0 Å². The van der Waals surface area contributed by atoms with Crippen LogP contribution in [0, 0.1) is 17.0 Å². The Kier molecular flexibility index (Phi) is 5.21. The van der Waals surface area contributed by atoms with Gasteiger partial charge in [0.2, 0.25) is 0 Å². The fourth-order valence-corrected chi connectivity index (χ4v) is 3.52. The zero-order valence-electron chi connectivity index (χ0n) is 15.0. The number of hydrogen-bond acceptors (Lipinski definition) is 4. The number of rotatable bonds is 5. The highest BCUT2D eigenvalue weighted by Crippen LogP contribution is 2.35. The molecule has 0 spiro atoms. The number of benzene rings is 2. The van der Waals surface area contributed by atoms with Gasteiger partial charge < -0.3 is 9.64 Å². The van der Waals surface area contributed by atoms with Crippen molar-refractivity contribution in [2.24, 2.45) is 0 Å². The predicted molar refractivity (Wildman–Crippen MR) is 98.5 cm³/mol. The van der Waals surface area contributed by atoms with Crippen molar-refractivity contribution in [3.05, 3.63) is 69.3 Å². The summed E-state index contributed by atoms with van der Waals surface area (Å²) in [6, 6.07) is 12.5. The Labute approximate surface area is 152 Å². The van der Waals surface area contributed by atoms with Gasteiger partial charge in [0, 0.05) is 23.7 Å². The first-order valence-electron chi connectivity index (χ1n) is 8.80. The fraction of sp³-hybridized carbons (Fsp3) is 0.350. The molecule has 6 heteroatoms. The van der Waals surface area contributed by atoms with Crippen LogP contribution < -0.4 is 4.74 Å². The molecule has 1 saturated heterocycles. The molecule has 6 nitrogen and oxygen atoms in total. The van der Waals surface area contributed by atoms with E-state index in [4.69, 9.17) is 4.74 Å². The minimum atomic E-state index is -0.444. The maximum atomic E-state index is 13.1. The van der Waals surface area contributed by atoms with Gasteiger partial charge in [0.05, 0.1) is 17.6 Å². The first-order chi connectivity index (χ1) is 12.5. The van der Waals surface area contributed by atoms with Gasteiger partial charge in [-0.1, -0.05) is 18.2 Å². The van der Waals surface area contributed by atoms with Crippen LogP contribution in [-0.4, -0.2) is 28.9 Å². The van der Waals surface area contributed by atoms with Gasteiger partial charge in [-0.2, -0.15) is 0 Å². The van der Waals surface area contributed by atoms with Gasteiger partial charge in [-0.05, 0) is 50.5 Å². The molecule has 0 radical (unpaired) electrons. The Morgan fingerprint density at radius 1 is 1.27 bits per heavy atom. The van der Waals surface area contributed by atoms with Crippen molar-refractivity contribution in [2.75, 3.05) is 13.2 Å². The van der Waals surface area contributed by atoms with Crippen LogP contribution in [0.3, 0.4) is 0 Å². The summed E-state index contributed by atoms with van der Waals surface area (Å²) in [4.78, 5) is 25.6. The molecule has 1 aliphatic heterocycles. The first-order valence-corrected chi connectivity index (χ1v) is 8.80. The smallest absolute Gasteiger partial charge is 0.273 e.